The molecule has 2 heterocycles. The van der Waals surface area contributed by atoms with Gasteiger partial charge in [-0.2, -0.15) is 0 Å². The fourth-order valence-corrected chi connectivity index (χ4v) is 4.78. The molecule has 0 fully saturated rings. The van der Waals surface area contributed by atoms with E-state index in [4.69, 9.17) is 19.2 Å². The van der Waals surface area contributed by atoms with Gasteiger partial charge in [-0.05, 0) is 81.2 Å². The van der Waals surface area contributed by atoms with Crippen LogP contribution in [0.1, 0.15) is 34.3 Å². The predicted octanol–water partition coefficient (Wildman–Crippen LogP) is 4.02. The number of nitrogens with one attached hydrogen (secondary N) is 1. The van der Waals surface area contributed by atoms with Gasteiger partial charge >= 0.3 is 5.97 Å². The van der Waals surface area contributed by atoms with Gasteiger partial charge in [0.1, 0.15) is 19.1 Å². The summed E-state index contributed by atoms with van der Waals surface area (Å²) in [5, 5.41) is 2.90. The molecule has 0 saturated heterocycles. The molecular formula is C31H32N4O6. The van der Waals surface area contributed by atoms with Crippen molar-refractivity contribution in [2.45, 2.75) is 12.8 Å². The molecule has 0 aromatic heterocycles. The first-order chi connectivity index (χ1) is 19.7. The molecule has 3 aromatic rings. The monoisotopic (exact) mass is 556 g/mol. The second-order valence-corrected chi connectivity index (χ2v) is 10.0. The van der Waals surface area contributed by atoms with Gasteiger partial charge in [0.2, 0.25) is 11.8 Å². The molecule has 0 spiro atoms. The average Bonchev–Trinajstić information content (AvgIpc) is 3.30. The SMILES string of the molecule is CCOC(=O)c1ccc2c(c1)NC(=O)C2C(=Nc1ccc(N(C)C(=O)CN(C)C)cc1)c1ccc2c(c1)OCCO2. The molecule has 2 aliphatic rings. The third-order valence-electron chi connectivity index (χ3n) is 6.82. The Kier molecular flexibility index (Phi) is 8.02. The van der Waals surface area contributed by atoms with Crippen LogP contribution in [0.15, 0.2) is 65.7 Å². The lowest BCUT2D eigenvalue weighted by atomic mass is 9.90. The van der Waals surface area contributed by atoms with Crippen molar-refractivity contribution < 1.29 is 28.6 Å². The first-order valence-corrected chi connectivity index (χ1v) is 13.4. The van der Waals surface area contributed by atoms with E-state index in [0.29, 0.717) is 65.0 Å². The number of rotatable bonds is 8. The number of nitrogens with zero attached hydrogens (tertiary/aromatic N) is 3. The Morgan fingerprint density at radius 1 is 0.951 bits per heavy atom. The maximum atomic E-state index is 13.4. The maximum absolute atomic E-state index is 13.4. The average molecular weight is 557 g/mol. The molecule has 0 aliphatic carbocycles. The number of carbonyl (C=O) groups excluding carboxylic acids is 3. The predicted molar refractivity (Wildman–Crippen MR) is 156 cm³/mol. The Morgan fingerprint density at radius 3 is 2.37 bits per heavy atom. The molecule has 41 heavy (non-hydrogen) atoms. The number of hydrogen-bond donors (Lipinski definition) is 1. The number of ether oxygens (including phenoxy) is 3. The molecule has 3 aromatic carbocycles. The van der Waals surface area contributed by atoms with Crippen LogP contribution in [0.5, 0.6) is 11.5 Å². The second kappa shape index (κ2) is 11.8. The van der Waals surface area contributed by atoms with Crippen molar-refractivity contribution in [2.75, 3.05) is 57.7 Å². The normalized spacial score (nSPS) is 15.8. The van der Waals surface area contributed by atoms with Crippen LogP contribution in [-0.2, 0) is 14.3 Å². The minimum absolute atomic E-state index is 0.0374. The summed E-state index contributed by atoms with van der Waals surface area (Å²) in [6.07, 6.45) is 0. The standard InChI is InChI=1S/C31H32N4O6/c1-5-39-31(38)20-6-12-23-24(16-20)33-30(37)28(23)29(19-7-13-25-26(17-19)41-15-14-40-25)32-21-8-10-22(11-9-21)35(4)27(36)18-34(2)3/h6-13,16-17,28H,5,14-15,18H2,1-4H3,(H,33,37). The van der Waals surface area contributed by atoms with E-state index in [9.17, 15) is 14.4 Å². The van der Waals surface area contributed by atoms with Crippen LogP contribution in [0.4, 0.5) is 17.1 Å². The highest BCUT2D eigenvalue weighted by atomic mass is 16.6. The number of benzene rings is 3. The number of likely N-dealkylation sites (N-methyl/N-ethyl adjacent to an activating group) is 2. The van der Waals surface area contributed by atoms with Crippen LogP contribution in [0.25, 0.3) is 0 Å². The fourth-order valence-electron chi connectivity index (χ4n) is 4.78. The summed E-state index contributed by atoms with van der Waals surface area (Å²) in [6.45, 7) is 3.18. The number of fused-ring (bicyclic) bond motifs is 2. The summed E-state index contributed by atoms with van der Waals surface area (Å²) in [5.41, 5.74) is 4.12. The van der Waals surface area contributed by atoms with E-state index in [1.165, 1.54) is 0 Å². The number of anilines is 2. The highest BCUT2D eigenvalue weighted by molar-refractivity contribution is 6.24. The lowest BCUT2D eigenvalue weighted by Gasteiger charge is -2.21. The molecule has 1 atom stereocenters. The summed E-state index contributed by atoms with van der Waals surface area (Å²) in [4.78, 5) is 46.6. The number of hydrogen-bond acceptors (Lipinski definition) is 8. The largest absolute Gasteiger partial charge is 0.486 e. The Labute approximate surface area is 238 Å². The highest BCUT2D eigenvalue weighted by Crippen LogP contribution is 2.39. The molecule has 10 nitrogen and oxygen atoms in total. The first-order valence-electron chi connectivity index (χ1n) is 13.4. The Bertz CT molecular complexity index is 1520. The molecular weight excluding hydrogens is 524 g/mol. The van der Waals surface area contributed by atoms with Crippen molar-refractivity contribution in [1.29, 1.82) is 0 Å². The molecule has 10 heteroatoms. The Hall–Kier alpha value is -4.70. The van der Waals surface area contributed by atoms with Crippen LogP contribution < -0.4 is 19.7 Å². The first kappa shape index (κ1) is 27.9. The number of aliphatic imine (C=N–C) groups is 1. The van der Waals surface area contributed by atoms with E-state index in [0.717, 1.165) is 5.69 Å². The molecule has 2 aliphatic heterocycles. The van der Waals surface area contributed by atoms with E-state index in [1.54, 1.807) is 37.1 Å². The highest BCUT2D eigenvalue weighted by Gasteiger charge is 2.36. The number of esters is 1. The van der Waals surface area contributed by atoms with E-state index in [1.807, 2.05) is 61.5 Å². The minimum Gasteiger partial charge on any atom is -0.486 e. The smallest absolute Gasteiger partial charge is 0.338 e. The van der Waals surface area contributed by atoms with Crippen molar-refractivity contribution in [3.8, 4) is 11.5 Å². The van der Waals surface area contributed by atoms with Crippen LogP contribution in [0, 0.1) is 0 Å². The third kappa shape index (κ3) is 5.92. The van der Waals surface area contributed by atoms with Gasteiger partial charge in [0.05, 0.1) is 30.1 Å². The van der Waals surface area contributed by atoms with E-state index < -0.39 is 11.9 Å². The van der Waals surface area contributed by atoms with Gasteiger partial charge in [-0.3, -0.25) is 14.6 Å². The maximum Gasteiger partial charge on any atom is 0.338 e. The second-order valence-electron chi connectivity index (χ2n) is 10.0. The third-order valence-corrected chi connectivity index (χ3v) is 6.82. The molecule has 5 rings (SSSR count). The van der Waals surface area contributed by atoms with Gasteiger partial charge in [-0.25, -0.2) is 4.79 Å². The van der Waals surface area contributed by atoms with Crippen molar-refractivity contribution in [3.63, 3.8) is 0 Å². The van der Waals surface area contributed by atoms with Gasteiger partial charge in [0.25, 0.3) is 0 Å². The molecule has 0 saturated carbocycles. The zero-order valence-electron chi connectivity index (χ0n) is 23.5. The fraction of sp³-hybridized carbons (Fsp3) is 0.290. The number of carbonyl (C=O) groups is 3. The van der Waals surface area contributed by atoms with Gasteiger partial charge in [-0.1, -0.05) is 6.07 Å². The summed E-state index contributed by atoms with van der Waals surface area (Å²) < 4.78 is 16.6. The lowest BCUT2D eigenvalue weighted by molar-refractivity contribution is -0.119. The van der Waals surface area contributed by atoms with Crippen molar-refractivity contribution >= 4 is 40.6 Å². The zero-order valence-corrected chi connectivity index (χ0v) is 23.5. The topological polar surface area (TPSA) is 110 Å². The van der Waals surface area contributed by atoms with Gasteiger partial charge in [-0.15, -0.1) is 0 Å². The van der Waals surface area contributed by atoms with E-state index in [2.05, 4.69) is 5.32 Å². The van der Waals surface area contributed by atoms with Gasteiger partial charge in [0, 0.05) is 24.0 Å². The van der Waals surface area contributed by atoms with Crippen molar-refractivity contribution in [3.05, 3.63) is 77.4 Å². The van der Waals surface area contributed by atoms with Crippen LogP contribution in [0.3, 0.4) is 0 Å². The molecule has 2 amide bonds. The summed E-state index contributed by atoms with van der Waals surface area (Å²) in [5.74, 6) is -0.292. The van der Waals surface area contributed by atoms with E-state index >= 15 is 0 Å². The number of amides is 2. The van der Waals surface area contributed by atoms with E-state index in [-0.39, 0.29) is 18.4 Å². The van der Waals surface area contributed by atoms with Crippen molar-refractivity contribution in [2.24, 2.45) is 4.99 Å². The Morgan fingerprint density at radius 2 is 1.66 bits per heavy atom. The molecule has 0 bridgehead atoms. The van der Waals surface area contributed by atoms with Crippen molar-refractivity contribution in [1.82, 2.24) is 4.90 Å². The summed E-state index contributed by atoms with van der Waals surface area (Å²) >= 11 is 0. The summed E-state index contributed by atoms with van der Waals surface area (Å²) in [7, 11) is 5.42. The van der Waals surface area contributed by atoms with Gasteiger partial charge in [0.15, 0.2) is 11.5 Å². The zero-order chi connectivity index (χ0) is 29.1. The summed E-state index contributed by atoms with van der Waals surface area (Å²) in [6, 6.07) is 17.8. The Balaban J connectivity index is 1.54. The minimum atomic E-state index is -0.743. The molecule has 212 valence electrons. The lowest BCUT2D eigenvalue weighted by Crippen LogP contribution is -2.34. The van der Waals surface area contributed by atoms with Crippen LogP contribution >= 0.6 is 0 Å². The quantitative estimate of drug-likeness (QED) is 0.330. The van der Waals surface area contributed by atoms with Crippen LogP contribution in [0.2, 0.25) is 0 Å². The molecule has 1 N–H and O–H groups in total. The molecule has 1 unspecified atom stereocenters. The molecule has 0 radical (unpaired) electrons. The van der Waals surface area contributed by atoms with Crippen LogP contribution in [-0.4, -0.2) is 75.9 Å². The van der Waals surface area contributed by atoms with Gasteiger partial charge < -0.3 is 29.3 Å².